The quantitative estimate of drug-likeness (QED) is 0.659. The molecule has 1 aromatic heterocycles. The van der Waals surface area contributed by atoms with E-state index in [0.29, 0.717) is 12.3 Å². The summed E-state index contributed by atoms with van der Waals surface area (Å²) in [6, 6.07) is 10.3. The van der Waals surface area contributed by atoms with E-state index in [1.807, 2.05) is 30.3 Å². The minimum atomic E-state index is -0.663. The lowest BCUT2D eigenvalue weighted by molar-refractivity contribution is -0.147. The second kappa shape index (κ2) is 8.82. The minimum absolute atomic E-state index is 0.0729. The summed E-state index contributed by atoms with van der Waals surface area (Å²) in [7, 11) is 4.76. The molecule has 134 valence electrons. The molecule has 1 unspecified atom stereocenters. The van der Waals surface area contributed by atoms with Crippen molar-refractivity contribution in [2.45, 2.75) is 12.6 Å². The zero-order chi connectivity index (χ0) is 18.4. The summed E-state index contributed by atoms with van der Waals surface area (Å²) in [5.41, 5.74) is 0.755. The van der Waals surface area contributed by atoms with Crippen LogP contribution >= 0.6 is 15.9 Å². The van der Waals surface area contributed by atoms with Crippen LogP contribution in [-0.2, 0) is 20.9 Å². The topological polar surface area (TPSA) is 63.0 Å². The van der Waals surface area contributed by atoms with E-state index in [1.165, 1.54) is 7.11 Å². The number of furan rings is 1. The van der Waals surface area contributed by atoms with Crippen LogP contribution in [0.1, 0.15) is 17.4 Å². The molecule has 1 atom stereocenters. The van der Waals surface area contributed by atoms with Crippen molar-refractivity contribution in [3.8, 4) is 0 Å². The maximum absolute atomic E-state index is 12.5. The fourth-order valence-corrected chi connectivity index (χ4v) is 2.93. The van der Waals surface area contributed by atoms with E-state index in [9.17, 15) is 9.59 Å². The molecule has 1 amide bonds. The molecule has 0 aliphatic heterocycles. The van der Waals surface area contributed by atoms with E-state index in [-0.39, 0.29) is 12.5 Å². The van der Waals surface area contributed by atoms with E-state index in [2.05, 4.69) is 15.9 Å². The number of likely N-dealkylation sites (N-methyl/N-ethyl adjacent to an activating group) is 2. The standard InChI is InChI=1S/C18H21BrN2O4/c1-20(11-15-8-5-9-25-15)16(22)12-21(2)17(18(23)24-3)13-6-4-7-14(19)10-13/h4-10,17H,11-12H2,1-3H3. The summed E-state index contributed by atoms with van der Waals surface area (Å²) in [6.45, 7) is 0.447. The highest BCUT2D eigenvalue weighted by Crippen LogP contribution is 2.24. The maximum atomic E-state index is 12.5. The van der Waals surface area contributed by atoms with Gasteiger partial charge in [-0.1, -0.05) is 28.1 Å². The van der Waals surface area contributed by atoms with Crippen molar-refractivity contribution < 1.29 is 18.7 Å². The van der Waals surface area contributed by atoms with Crippen molar-refractivity contribution >= 4 is 27.8 Å². The van der Waals surface area contributed by atoms with Crippen molar-refractivity contribution in [2.75, 3.05) is 27.7 Å². The summed E-state index contributed by atoms with van der Waals surface area (Å²) < 4.78 is 11.0. The molecular weight excluding hydrogens is 388 g/mol. The predicted molar refractivity (Wildman–Crippen MR) is 96.7 cm³/mol. The highest BCUT2D eigenvalue weighted by molar-refractivity contribution is 9.10. The van der Waals surface area contributed by atoms with Gasteiger partial charge in [0, 0.05) is 11.5 Å². The maximum Gasteiger partial charge on any atom is 0.327 e. The number of hydrogen-bond acceptors (Lipinski definition) is 5. The van der Waals surface area contributed by atoms with Gasteiger partial charge >= 0.3 is 5.97 Å². The second-order valence-electron chi connectivity index (χ2n) is 5.72. The number of carbonyl (C=O) groups is 2. The van der Waals surface area contributed by atoms with Gasteiger partial charge < -0.3 is 14.1 Å². The van der Waals surface area contributed by atoms with Gasteiger partial charge in [0.25, 0.3) is 0 Å². The molecule has 1 aromatic carbocycles. The molecule has 0 fully saturated rings. The molecule has 1 heterocycles. The zero-order valence-corrected chi connectivity index (χ0v) is 16.0. The molecule has 2 rings (SSSR count). The molecule has 0 radical (unpaired) electrons. The first-order valence-electron chi connectivity index (χ1n) is 7.72. The number of hydrogen-bond donors (Lipinski definition) is 0. The molecule has 0 spiro atoms. The Bertz CT molecular complexity index is 718. The van der Waals surface area contributed by atoms with Gasteiger partial charge in [0.2, 0.25) is 5.91 Å². The van der Waals surface area contributed by atoms with Gasteiger partial charge in [-0.25, -0.2) is 4.79 Å². The van der Waals surface area contributed by atoms with Crippen LogP contribution in [-0.4, -0.2) is 49.4 Å². The average molecular weight is 409 g/mol. The Balaban J connectivity index is 2.09. The Kier molecular flexibility index (Phi) is 6.78. The number of ether oxygens (including phenoxy) is 1. The van der Waals surface area contributed by atoms with E-state index in [4.69, 9.17) is 9.15 Å². The average Bonchev–Trinajstić information content (AvgIpc) is 3.07. The number of carbonyl (C=O) groups excluding carboxylic acids is 2. The van der Waals surface area contributed by atoms with Crippen molar-refractivity contribution in [1.82, 2.24) is 9.80 Å². The smallest absolute Gasteiger partial charge is 0.327 e. The molecule has 6 nitrogen and oxygen atoms in total. The molecule has 0 saturated carbocycles. The van der Waals surface area contributed by atoms with Gasteiger partial charge in [-0.15, -0.1) is 0 Å². The summed E-state index contributed by atoms with van der Waals surface area (Å²) >= 11 is 3.40. The van der Waals surface area contributed by atoms with Crippen LogP contribution in [0.5, 0.6) is 0 Å². The van der Waals surface area contributed by atoms with E-state index in [1.54, 1.807) is 36.2 Å². The number of esters is 1. The number of halogens is 1. The van der Waals surface area contributed by atoms with Crippen molar-refractivity contribution in [3.05, 3.63) is 58.5 Å². The minimum Gasteiger partial charge on any atom is -0.468 e. The Hall–Kier alpha value is -2.12. The van der Waals surface area contributed by atoms with Crippen LogP contribution in [0.4, 0.5) is 0 Å². The van der Waals surface area contributed by atoms with Crippen LogP contribution in [0.2, 0.25) is 0 Å². The summed E-state index contributed by atoms with van der Waals surface area (Å²) in [5, 5.41) is 0. The SMILES string of the molecule is COC(=O)C(c1cccc(Br)c1)N(C)CC(=O)N(C)Cc1ccco1. The predicted octanol–water partition coefficient (Wildman–Crippen LogP) is 2.85. The number of methoxy groups -OCH3 is 1. The molecule has 7 heteroatoms. The first-order chi connectivity index (χ1) is 11.9. The normalized spacial score (nSPS) is 12.0. The lowest BCUT2D eigenvalue weighted by Crippen LogP contribution is -2.40. The molecular formula is C18H21BrN2O4. The first-order valence-corrected chi connectivity index (χ1v) is 8.51. The molecule has 0 N–H and O–H groups in total. The van der Waals surface area contributed by atoms with Gasteiger partial charge in [0.1, 0.15) is 11.8 Å². The highest BCUT2D eigenvalue weighted by Gasteiger charge is 2.28. The Labute approximate surface area is 155 Å². The molecule has 0 aliphatic rings. The van der Waals surface area contributed by atoms with E-state index < -0.39 is 12.0 Å². The van der Waals surface area contributed by atoms with Crippen molar-refractivity contribution in [3.63, 3.8) is 0 Å². The third kappa shape index (κ3) is 5.17. The van der Waals surface area contributed by atoms with Crippen LogP contribution in [0.3, 0.4) is 0 Å². The fourth-order valence-electron chi connectivity index (χ4n) is 2.51. The molecule has 25 heavy (non-hydrogen) atoms. The van der Waals surface area contributed by atoms with Crippen molar-refractivity contribution in [1.29, 1.82) is 0 Å². The van der Waals surface area contributed by atoms with Crippen LogP contribution in [0.15, 0.2) is 51.6 Å². The first kappa shape index (κ1) is 19.2. The molecule has 2 aromatic rings. The van der Waals surface area contributed by atoms with E-state index in [0.717, 1.165) is 10.0 Å². The summed E-state index contributed by atoms with van der Waals surface area (Å²) in [4.78, 5) is 28.0. The van der Waals surface area contributed by atoms with Crippen molar-refractivity contribution in [2.24, 2.45) is 0 Å². The van der Waals surface area contributed by atoms with Gasteiger partial charge in [0.15, 0.2) is 0 Å². The van der Waals surface area contributed by atoms with E-state index >= 15 is 0 Å². The molecule has 0 aliphatic carbocycles. The lowest BCUT2D eigenvalue weighted by atomic mass is 10.1. The van der Waals surface area contributed by atoms with Crippen LogP contribution in [0.25, 0.3) is 0 Å². The Morgan fingerprint density at radius 1 is 1.24 bits per heavy atom. The third-order valence-corrected chi connectivity index (χ3v) is 4.31. The lowest BCUT2D eigenvalue weighted by Gasteiger charge is -2.27. The molecule has 0 bridgehead atoms. The van der Waals surface area contributed by atoms with Crippen LogP contribution in [0, 0.1) is 0 Å². The van der Waals surface area contributed by atoms with Gasteiger partial charge in [-0.2, -0.15) is 0 Å². The largest absolute Gasteiger partial charge is 0.468 e. The number of rotatable bonds is 7. The third-order valence-electron chi connectivity index (χ3n) is 3.81. The Morgan fingerprint density at radius 2 is 2.00 bits per heavy atom. The number of nitrogens with zero attached hydrogens (tertiary/aromatic N) is 2. The fraction of sp³-hybridized carbons (Fsp3) is 0.333. The highest BCUT2D eigenvalue weighted by atomic mass is 79.9. The number of amides is 1. The second-order valence-corrected chi connectivity index (χ2v) is 6.64. The van der Waals surface area contributed by atoms with Crippen LogP contribution < -0.4 is 0 Å². The zero-order valence-electron chi connectivity index (χ0n) is 14.4. The number of benzene rings is 1. The summed E-state index contributed by atoms with van der Waals surface area (Å²) in [6.07, 6.45) is 1.57. The molecule has 0 saturated heterocycles. The van der Waals surface area contributed by atoms with Gasteiger partial charge in [0.05, 0.1) is 26.5 Å². The van der Waals surface area contributed by atoms with Gasteiger partial charge in [-0.05, 0) is 36.9 Å². The monoisotopic (exact) mass is 408 g/mol. The Morgan fingerprint density at radius 3 is 2.60 bits per heavy atom. The summed E-state index contributed by atoms with van der Waals surface area (Å²) in [5.74, 6) is 0.167. The van der Waals surface area contributed by atoms with Gasteiger partial charge in [-0.3, -0.25) is 9.69 Å².